The Bertz CT molecular complexity index is 273. The van der Waals surface area contributed by atoms with Gasteiger partial charge in [-0.3, -0.25) is 4.79 Å². The molecule has 15 heavy (non-hydrogen) atoms. The number of carbonyl (C=O) groups excluding carboxylic acids is 1. The summed E-state index contributed by atoms with van der Waals surface area (Å²) in [5.74, 6) is 0. The van der Waals surface area contributed by atoms with E-state index in [2.05, 4.69) is 13.7 Å². The van der Waals surface area contributed by atoms with E-state index >= 15 is 0 Å². The van der Waals surface area contributed by atoms with Crippen LogP contribution in [-0.4, -0.2) is 35.8 Å². The predicted molar refractivity (Wildman–Crippen MR) is 68.2 cm³/mol. The summed E-state index contributed by atoms with van der Waals surface area (Å²) in [6.45, 7) is 4.67. The summed E-state index contributed by atoms with van der Waals surface area (Å²) in [4.78, 5) is 13.6. The first kappa shape index (κ1) is 11.4. The van der Waals surface area contributed by atoms with Crippen molar-refractivity contribution in [2.45, 2.75) is 56.0 Å². The molecule has 3 atom stereocenters. The molecule has 0 aromatic carbocycles. The molecule has 2 fully saturated rings. The topological polar surface area (TPSA) is 20.3 Å². The van der Waals surface area contributed by atoms with Gasteiger partial charge in [0.15, 0.2) is 0 Å². The Morgan fingerprint density at radius 1 is 1.60 bits per heavy atom. The van der Waals surface area contributed by atoms with Gasteiger partial charge in [-0.2, -0.15) is 0 Å². The highest BCUT2D eigenvalue weighted by atomic mass is 32.2. The first-order chi connectivity index (χ1) is 7.06. The first-order valence-electron chi connectivity index (χ1n) is 5.99. The molecule has 1 aliphatic heterocycles. The van der Waals surface area contributed by atoms with Gasteiger partial charge in [-0.1, -0.05) is 43.7 Å². The van der Waals surface area contributed by atoms with Gasteiger partial charge in [-0.05, 0) is 12.8 Å². The second-order valence-corrected chi connectivity index (χ2v) is 6.55. The van der Waals surface area contributed by atoms with E-state index in [1.807, 2.05) is 11.9 Å². The number of nitrogens with zero attached hydrogens (tertiary/aromatic N) is 1. The Morgan fingerprint density at radius 3 is 3.00 bits per heavy atom. The summed E-state index contributed by atoms with van der Waals surface area (Å²) in [5, 5.41) is 1.30. The lowest BCUT2D eigenvalue weighted by atomic mass is 9.52. The predicted octanol–water partition coefficient (Wildman–Crippen LogP) is 2.76. The fourth-order valence-electron chi connectivity index (χ4n) is 2.88. The Morgan fingerprint density at radius 2 is 2.33 bits per heavy atom. The summed E-state index contributed by atoms with van der Waals surface area (Å²) in [5.41, 5.74) is 0. The molecule has 1 heterocycles. The molecule has 1 saturated carbocycles. The Labute approximate surface area is 97.4 Å². The Kier molecular flexibility index (Phi) is 3.06. The minimum atomic E-state index is 0.283. The third-order valence-electron chi connectivity index (χ3n) is 4.29. The van der Waals surface area contributed by atoms with Crippen LogP contribution in [0.15, 0.2) is 0 Å². The molecular weight excluding hydrogens is 205 g/mol. The summed E-state index contributed by atoms with van der Waals surface area (Å²) in [6.07, 6.45) is 5.03. The van der Waals surface area contributed by atoms with Crippen molar-refractivity contribution in [3.63, 3.8) is 0 Å². The van der Waals surface area contributed by atoms with Crippen molar-refractivity contribution >= 4 is 24.3 Å². The van der Waals surface area contributed by atoms with Crippen molar-refractivity contribution in [2.75, 3.05) is 7.05 Å². The summed E-state index contributed by atoms with van der Waals surface area (Å²) < 4.78 is 0. The molecule has 0 radical (unpaired) electrons. The van der Waals surface area contributed by atoms with Gasteiger partial charge in [0.1, 0.15) is 7.28 Å². The molecule has 1 amide bonds. The quantitative estimate of drug-likeness (QED) is 0.639. The molecule has 1 aliphatic carbocycles. The molecule has 0 N–H and O–H groups in total. The van der Waals surface area contributed by atoms with Crippen LogP contribution in [0.4, 0.5) is 4.79 Å². The van der Waals surface area contributed by atoms with Crippen LogP contribution in [0.25, 0.3) is 0 Å². The van der Waals surface area contributed by atoms with Crippen molar-refractivity contribution in [1.82, 2.24) is 4.90 Å². The SMILES string of the molecule is CBC1(C)CCCC2C(C1)SC(=O)N2C. The highest BCUT2D eigenvalue weighted by Crippen LogP contribution is 2.48. The van der Waals surface area contributed by atoms with Crippen molar-refractivity contribution in [3.8, 4) is 0 Å². The van der Waals surface area contributed by atoms with Gasteiger partial charge >= 0.3 is 0 Å². The molecule has 0 aromatic heterocycles. The van der Waals surface area contributed by atoms with Crippen molar-refractivity contribution in [3.05, 3.63) is 0 Å². The maximum absolute atomic E-state index is 11.6. The van der Waals surface area contributed by atoms with Crippen LogP contribution in [-0.2, 0) is 0 Å². The first-order valence-corrected chi connectivity index (χ1v) is 6.87. The van der Waals surface area contributed by atoms with Crippen LogP contribution in [0.5, 0.6) is 0 Å². The van der Waals surface area contributed by atoms with E-state index in [0.717, 1.165) is 0 Å². The third-order valence-corrected chi connectivity index (χ3v) is 5.57. The van der Waals surface area contributed by atoms with Crippen molar-refractivity contribution in [2.24, 2.45) is 0 Å². The molecule has 1 saturated heterocycles. The van der Waals surface area contributed by atoms with E-state index in [1.165, 1.54) is 33.0 Å². The number of hydrogen-bond donors (Lipinski definition) is 0. The number of thioether (sulfide) groups is 1. The van der Waals surface area contributed by atoms with E-state index in [1.54, 1.807) is 11.8 Å². The molecule has 3 unspecified atom stereocenters. The molecule has 0 spiro atoms. The Hall–Kier alpha value is -0.115. The average molecular weight is 225 g/mol. The van der Waals surface area contributed by atoms with Gasteiger partial charge in [-0.15, -0.1) is 0 Å². The van der Waals surface area contributed by atoms with Crippen LogP contribution < -0.4 is 0 Å². The van der Waals surface area contributed by atoms with Crippen molar-refractivity contribution in [1.29, 1.82) is 0 Å². The molecule has 0 aromatic rings. The average Bonchev–Trinajstić information content (AvgIpc) is 2.39. The maximum atomic E-state index is 11.6. The van der Waals surface area contributed by atoms with Gasteiger partial charge in [0.05, 0.1) is 0 Å². The van der Waals surface area contributed by atoms with Crippen molar-refractivity contribution < 1.29 is 4.79 Å². The lowest BCUT2D eigenvalue weighted by molar-refractivity contribution is 0.218. The van der Waals surface area contributed by atoms with Crippen LogP contribution in [0.3, 0.4) is 0 Å². The summed E-state index contributed by atoms with van der Waals surface area (Å²) in [6, 6.07) is 0.510. The van der Waals surface area contributed by atoms with Gasteiger partial charge < -0.3 is 4.90 Å². The molecule has 2 nitrogen and oxygen atoms in total. The second-order valence-electron chi connectivity index (χ2n) is 5.36. The largest absolute Gasteiger partial charge is 0.333 e. The lowest BCUT2D eigenvalue weighted by Crippen LogP contribution is -2.33. The molecule has 0 bridgehead atoms. The molecule has 2 aliphatic rings. The zero-order chi connectivity index (χ0) is 11.1. The van der Waals surface area contributed by atoms with Gasteiger partial charge in [0.25, 0.3) is 5.24 Å². The lowest BCUT2D eigenvalue weighted by Gasteiger charge is -2.28. The van der Waals surface area contributed by atoms with Crippen LogP contribution in [0.2, 0.25) is 12.1 Å². The second kappa shape index (κ2) is 4.04. The molecular formula is C11H20BNOS. The molecule has 4 heteroatoms. The number of carbonyl (C=O) groups is 1. The minimum absolute atomic E-state index is 0.283. The third kappa shape index (κ3) is 2.06. The number of rotatable bonds is 1. The molecule has 2 rings (SSSR count). The van der Waals surface area contributed by atoms with E-state index < -0.39 is 0 Å². The van der Waals surface area contributed by atoms with Gasteiger partial charge in [0.2, 0.25) is 0 Å². The minimum Gasteiger partial charge on any atom is -0.333 e. The normalized spacial score (nSPS) is 41.3. The monoisotopic (exact) mass is 225 g/mol. The van der Waals surface area contributed by atoms with Crippen LogP contribution in [0.1, 0.15) is 32.6 Å². The number of amides is 1. The fraction of sp³-hybridized carbons (Fsp3) is 0.909. The standard InChI is InChI=1S/C11H20BNOS/c1-11(12-2)6-4-5-8-9(7-11)15-10(14)13(8)3/h8-9,12H,4-7H2,1-3H3. The number of hydrogen-bond acceptors (Lipinski definition) is 2. The summed E-state index contributed by atoms with van der Waals surface area (Å²) >= 11 is 1.58. The van der Waals surface area contributed by atoms with Crippen LogP contribution in [0, 0.1) is 0 Å². The van der Waals surface area contributed by atoms with E-state index in [4.69, 9.17) is 0 Å². The zero-order valence-electron chi connectivity index (χ0n) is 9.95. The smallest absolute Gasteiger partial charge is 0.282 e. The van der Waals surface area contributed by atoms with E-state index in [0.29, 0.717) is 16.6 Å². The zero-order valence-corrected chi connectivity index (χ0v) is 10.8. The highest BCUT2D eigenvalue weighted by Gasteiger charge is 2.43. The van der Waals surface area contributed by atoms with E-state index in [-0.39, 0.29) is 5.24 Å². The Balaban J connectivity index is 2.14. The maximum Gasteiger partial charge on any atom is 0.282 e. The molecule has 84 valence electrons. The van der Waals surface area contributed by atoms with Crippen LogP contribution >= 0.6 is 11.8 Å². The summed E-state index contributed by atoms with van der Waals surface area (Å²) in [7, 11) is 3.21. The van der Waals surface area contributed by atoms with Gasteiger partial charge in [-0.25, -0.2) is 0 Å². The van der Waals surface area contributed by atoms with Gasteiger partial charge in [0, 0.05) is 18.3 Å². The number of fused-ring (bicyclic) bond motifs is 1. The highest BCUT2D eigenvalue weighted by molar-refractivity contribution is 8.14. The van der Waals surface area contributed by atoms with E-state index in [9.17, 15) is 4.79 Å². The fourth-order valence-corrected chi connectivity index (χ4v) is 4.40.